The molecule has 0 saturated carbocycles. The lowest BCUT2D eigenvalue weighted by Crippen LogP contribution is -1.87. The lowest BCUT2D eigenvalue weighted by molar-refractivity contribution is 1.11. The molecule has 0 radical (unpaired) electrons. The third kappa shape index (κ3) is 1.27. The molecule has 0 amide bonds. The molecule has 0 aliphatic rings. The van der Waals surface area contributed by atoms with Gasteiger partial charge in [-0.2, -0.15) is 4.98 Å². The van der Waals surface area contributed by atoms with E-state index in [9.17, 15) is 0 Å². The molecule has 0 aromatic carbocycles. The Bertz CT molecular complexity index is 143. The number of aromatic amines is 1. The quantitative estimate of drug-likeness (QED) is 0.443. The second-order valence-electron chi connectivity index (χ2n) is 1.08. The molecule has 1 heterocycles. The van der Waals surface area contributed by atoms with Crippen LogP contribution in [0.3, 0.4) is 0 Å². The standard InChI is InChI=1S/C2H5N5.ClH/c3-1-5-2(4)7-6-1;/h(H5,3,4,5,6,7);1H. The SMILES string of the molecule is Cl.Nc1n[nH]c(N)n1. The van der Waals surface area contributed by atoms with Crippen LogP contribution in [0.5, 0.6) is 0 Å². The van der Waals surface area contributed by atoms with E-state index < -0.39 is 0 Å². The Balaban J connectivity index is 0.000000490. The topological polar surface area (TPSA) is 93.6 Å². The summed E-state index contributed by atoms with van der Waals surface area (Å²) in [4.78, 5) is 3.50. The Morgan fingerprint density at radius 2 is 2.00 bits per heavy atom. The first kappa shape index (κ1) is 7.03. The lowest BCUT2D eigenvalue weighted by atomic mass is 11.0. The number of hydrogen-bond donors (Lipinski definition) is 3. The van der Waals surface area contributed by atoms with E-state index >= 15 is 0 Å². The predicted octanol–water partition coefficient (Wildman–Crippen LogP) is -0.609. The summed E-state index contributed by atoms with van der Waals surface area (Å²) in [5, 5.41) is 5.79. The molecule has 5 N–H and O–H groups in total. The van der Waals surface area contributed by atoms with Gasteiger partial charge in [0.05, 0.1) is 0 Å². The molecule has 0 fully saturated rings. The van der Waals surface area contributed by atoms with Crippen LogP contribution in [0.4, 0.5) is 11.9 Å². The fourth-order valence-corrected chi connectivity index (χ4v) is 0.288. The fraction of sp³-hybridized carbons (Fsp3) is 0. The summed E-state index contributed by atoms with van der Waals surface area (Å²) < 4.78 is 0. The second kappa shape index (κ2) is 2.37. The molecule has 8 heavy (non-hydrogen) atoms. The van der Waals surface area contributed by atoms with Crippen LogP contribution in [-0.2, 0) is 0 Å². The molecule has 0 atom stereocenters. The molecule has 1 aromatic heterocycles. The molecule has 0 spiro atoms. The van der Waals surface area contributed by atoms with E-state index in [1.54, 1.807) is 0 Å². The number of nitrogens with two attached hydrogens (primary N) is 2. The number of nitrogens with zero attached hydrogens (tertiary/aromatic N) is 2. The van der Waals surface area contributed by atoms with Gasteiger partial charge in [-0.15, -0.1) is 17.5 Å². The molecule has 0 aliphatic carbocycles. The van der Waals surface area contributed by atoms with Gasteiger partial charge in [0.15, 0.2) is 0 Å². The van der Waals surface area contributed by atoms with Crippen molar-refractivity contribution in [2.75, 3.05) is 11.5 Å². The molecular formula is C2H6ClN5. The molecule has 0 aliphatic heterocycles. The average Bonchev–Trinajstić information content (AvgIpc) is 1.87. The molecule has 6 heteroatoms. The van der Waals surface area contributed by atoms with Crippen LogP contribution in [0.15, 0.2) is 0 Å². The van der Waals surface area contributed by atoms with Crippen molar-refractivity contribution in [1.29, 1.82) is 0 Å². The summed E-state index contributed by atoms with van der Waals surface area (Å²) in [7, 11) is 0. The van der Waals surface area contributed by atoms with Gasteiger partial charge >= 0.3 is 0 Å². The number of H-pyrrole nitrogens is 1. The largest absolute Gasteiger partial charge is 0.368 e. The fourth-order valence-electron chi connectivity index (χ4n) is 0.288. The summed E-state index contributed by atoms with van der Waals surface area (Å²) in [5.74, 6) is 0.426. The van der Waals surface area contributed by atoms with Crippen LogP contribution in [0.1, 0.15) is 0 Å². The van der Waals surface area contributed by atoms with Crippen LogP contribution in [-0.4, -0.2) is 15.2 Å². The minimum Gasteiger partial charge on any atom is -0.368 e. The van der Waals surface area contributed by atoms with E-state index in [1.165, 1.54) is 0 Å². The summed E-state index contributed by atoms with van der Waals surface area (Å²) >= 11 is 0. The Kier molecular flexibility index (Phi) is 2.08. The van der Waals surface area contributed by atoms with E-state index in [0.717, 1.165) is 0 Å². The van der Waals surface area contributed by atoms with E-state index in [1.807, 2.05) is 0 Å². The minimum atomic E-state index is 0. The number of aromatic nitrogens is 3. The van der Waals surface area contributed by atoms with Crippen LogP contribution >= 0.6 is 12.4 Å². The highest BCUT2D eigenvalue weighted by Crippen LogP contribution is 1.89. The number of nitrogens with one attached hydrogen (secondary N) is 1. The first-order chi connectivity index (χ1) is 3.29. The predicted molar refractivity (Wildman–Crippen MR) is 32.5 cm³/mol. The van der Waals surface area contributed by atoms with Crippen molar-refractivity contribution in [1.82, 2.24) is 15.2 Å². The normalized spacial score (nSPS) is 8.00. The van der Waals surface area contributed by atoms with Gasteiger partial charge in [0.2, 0.25) is 11.9 Å². The van der Waals surface area contributed by atoms with Gasteiger partial charge in [-0.3, -0.25) is 0 Å². The monoisotopic (exact) mass is 135 g/mol. The number of anilines is 2. The first-order valence-corrected chi connectivity index (χ1v) is 1.72. The number of nitrogen functional groups attached to an aromatic ring is 2. The van der Waals surface area contributed by atoms with Crippen molar-refractivity contribution in [3.63, 3.8) is 0 Å². The van der Waals surface area contributed by atoms with Crippen molar-refractivity contribution in [3.8, 4) is 0 Å². The van der Waals surface area contributed by atoms with Gasteiger partial charge in [0.25, 0.3) is 0 Å². The maximum atomic E-state index is 5.07. The lowest BCUT2D eigenvalue weighted by Gasteiger charge is -1.69. The molecule has 0 saturated heterocycles. The first-order valence-electron chi connectivity index (χ1n) is 1.72. The minimum absolute atomic E-state index is 0. The van der Waals surface area contributed by atoms with E-state index in [0.29, 0.717) is 0 Å². The summed E-state index contributed by atoms with van der Waals surface area (Å²) in [6.07, 6.45) is 0. The molecule has 5 nitrogen and oxygen atoms in total. The highest BCUT2D eigenvalue weighted by atomic mass is 35.5. The second-order valence-corrected chi connectivity index (χ2v) is 1.08. The molecule has 1 aromatic rings. The maximum absolute atomic E-state index is 5.07. The van der Waals surface area contributed by atoms with Crippen molar-refractivity contribution in [3.05, 3.63) is 0 Å². The van der Waals surface area contributed by atoms with Gasteiger partial charge in [-0.1, -0.05) is 0 Å². The zero-order valence-electron chi connectivity index (χ0n) is 3.96. The summed E-state index contributed by atoms with van der Waals surface area (Å²) in [5.41, 5.74) is 10.1. The Labute approximate surface area is 51.9 Å². The molecule has 46 valence electrons. The van der Waals surface area contributed by atoms with Crippen molar-refractivity contribution >= 4 is 24.3 Å². The van der Waals surface area contributed by atoms with Crippen LogP contribution in [0.25, 0.3) is 0 Å². The average molecular weight is 136 g/mol. The van der Waals surface area contributed by atoms with Gasteiger partial charge in [-0.25, -0.2) is 5.10 Å². The highest BCUT2D eigenvalue weighted by molar-refractivity contribution is 5.85. The Morgan fingerprint density at radius 3 is 2.12 bits per heavy atom. The maximum Gasteiger partial charge on any atom is 0.241 e. The van der Waals surface area contributed by atoms with Gasteiger partial charge < -0.3 is 11.5 Å². The molecule has 0 bridgehead atoms. The van der Waals surface area contributed by atoms with Gasteiger partial charge in [0.1, 0.15) is 0 Å². The third-order valence-corrected chi connectivity index (χ3v) is 0.520. The Morgan fingerprint density at radius 1 is 1.38 bits per heavy atom. The van der Waals surface area contributed by atoms with Crippen molar-refractivity contribution in [2.45, 2.75) is 0 Å². The van der Waals surface area contributed by atoms with E-state index in [2.05, 4.69) is 15.2 Å². The smallest absolute Gasteiger partial charge is 0.241 e. The number of rotatable bonds is 0. The summed E-state index contributed by atoms with van der Waals surface area (Å²) in [6, 6.07) is 0. The van der Waals surface area contributed by atoms with E-state index in [4.69, 9.17) is 11.5 Å². The number of hydrogen-bond acceptors (Lipinski definition) is 4. The number of halogens is 1. The zero-order chi connectivity index (χ0) is 5.28. The van der Waals surface area contributed by atoms with Crippen molar-refractivity contribution in [2.24, 2.45) is 0 Å². The third-order valence-electron chi connectivity index (χ3n) is 0.520. The van der Waals surface area contributed by atoms with Crippen LogP contribution in [0.2, 0.25) is 0 Å². The van der Waals surface area contributed by atoms with Gasteiger partial charge in [0, 0.05) is 0 Å². The zero-order valence-corrected chi connectivity index (χ0v) is 4.77. The van der Waals surface area contributed by atoms with E-state index in [-0.39, 0.29) is 24.3 Å². The molecule has 1 rings (SSSR count). The molecule has 0 unspecified atom stereocenters. The van der Waals surface area contributed by atoms with Crippen LogP contribution in [0, 0.1) is 0 Å². The highest BCUT2D eigenvalue weighted by Gasteiger charge is 1.87. The summed E-state index contributed by atoms with van der Waals surface area (Å²) in [6.45, 7) is 0. The Hall–Kier alpha value is -0.970. The van der Waals surface area contributed by atoms with Gasteiger partial charge in [-0.05, 0) is 0 Å². The molecular weight excluding hydrogens is 130 g/mol. The van der Waals surface area contributed by atoms with Crippen molar-refractivity contribution < 1.29 is 0 Å². The van der Waals surface area contributed by atoms with Crippen LogP contribution < -0.4 is 11.5 Å².